The Morgan fingerprint density at radius 3 is 2.50 bits per heavy atom. The van der Waals surface area contributed by atoms with Crippen molar-refractivity contribution >= 4 is 5.97 Å². The SMILES string of the molecule is CCC(C)c1ccc(OCCCCC(=O)O)cc1. The van der Waals surface area contributed by atoms with Gasteiger partial charge in [0.1, 0.15) is 5.75 Å². The lowest BCUT2D eigenvalue weighted by atomic mass is 9.99. The van der Waals surface area contributed by atoms with E-state index >= 15 is 0 Å². The van der Waals surface area contributed by atoms with Gasteiger partial charge in [-0.05, 0) is 42.9 Å². The van der Waals surface area contributed by atoms with Gasteiger partial charge in [-0.15, -0.1) is 0 Å². The normalized spacial score (nSPS) is 12.1. The Labute approximate surface area is 109 Å². The zero-order chi connectivity index (χ0) is 13.4. The molecule has 3 heteroatoms. The number of ether oxygens (including phenoxy) is 1. The van der Waals surface area contributed by atoms with Crippen LogP contribution in [0.3, 0.4) is 0 Å². The summed E-state index contributed by atoms with van der Waals surface area (Å²) >= 11 is 0. The van der Waals surface area contributed by atoms with E-state index in [2.05, 4.69) is 26.0 Å². The molecule has 1 unspecified atom stereocenters. The number of aliphatic carboxylic acids is 1. The van der Waals surface area contributed by atoms with Crippen molar-refractivity contribution in [1.29, 1.82) is 0 Å². The first-order valence-corrected chi connectivity index (χ1v) is 6.58. The molecule has 0 radical (unpaired) electrons. The molecule has 18 heavy (non-hydrogen) atoms. The summed E-state index contributed by atoms with van der Waals surface area (Å²) in [7, 11) is 0. The van der Waals surface area contributed by atoms with Crippen LogP contribution >= 0.6 is 0 Å². The fourth-order valence-electron chi connectivity index (χ4n) is 1.70. The highest BCUT2D eigenvalue weighted by atomic mass is 16.5. The molecule has 0 heterocycles. The Morgan fingerprint density at radius 2 is 1.94 bits per heavy atom. The highest BCUT2D eigenvalue weighted by Gasteiger charge is 2.02. The van der Waals surface area contributed by atoms with E-state index in [-0.39, 0.29) is 6.42 Å². The molecule has 0 aromatic heterocycles. The van der Waals surface area contributed by atoms with Crippen molar-refractivity contribution in [3.05, 3.63) is 29.8 Å². The second-order valence-corrected chi connectivity index (χ2v) is 4.58. The van der Waals surface area contributed by atoms with Gasteiger partial charge in [0, 0.05) is 6.42 Å². The van der Waals surface area contributed by atoms with E-state index < -0.39 is 5.97 Å². The van der Waals surface area contributed by atoms with E-state index in [9.17, 15) is 4.79 Å². The topological polar surface area (TPSA) is 46.5 Å². The maximum atomic E-state index is 10.3. The molecule has 0 aliphatic rings. The molecule has 1 aromatic rings. The van der Waals surface area contributed by atoms with Crippen LogP contribution in [0.15, 0.2) is 24.3 Å². The summed E-state index contributed by atoms with van der Waals surface area (Å²) in [6.07, 6.45) is 2.80. The maximum absolute atomic E-state index is 10.3. The van der Waals surface area contributed by atoms with Crippen molar-refractivity contribution in [2.45, 2.75) is 45.4 Å². The molecule has 0 saturated carbocycles. The van der Waals surface area contributed by atoms with Crippen molar-refractivity contribution in [2.24, 2.45) is 0 Å². The molecular formula is C15H22O3. The fourth-order valence-corrected chi connectivity index (χ4v) is 1.70. The number of benzene rings is 1. The van der Waals surface area contributed by atoms with Gasteiger partial charge in [-0.3, -0.25) is 4.79 Å². The van der Waals surface area contributed by atoms with Crippen LogP contribution in [-0.4, -0.2) is 17.7 Å². The third-order valence-electron chi connectivity index (χ3n) is 3.12. The van der Waals surface area contributed by atoms with Gasteiger partial charge in [0.2, 0.25) is 0 Å². The summed E-state index contributed by atoms with van der Waals surface area (Å²) in [6, 6.07) is 8.17. The van der Waals surface area contributed by atoms with Crippen LogP contribution in [0, 0.1) is 0 Å². The first kappa shape index (κ1) is 14.6. The highest BCUT2D eigenvalue weighted by molar-refractivity contribution is 5.66. The second-order valence-electron chi connectivity index (χ2n) is 4.58. The molecule has 0 spiro atoms. The number of unbranched alkanes of at least 4 members (excludes halogenated alkanes) is 1. The first-order valence-electron chi connectivity index (χ1n) is 6.58. The molecule has 0 fully saturated rings. The quantitative estimate of drug-likeness (QED) is 0.713. The van der Waals surface area contributed by atoms with Crippen LogP contribution in [0.25, 0.3) is 0 Å². The lowest BCUT2D eigenvalue weighted by Gasteiger charge is -2.10. The molecule has 0 aliphatic carbocycles. The van der Waals surface area contributed by atoms with Crippen LogP contribution in [0.5, 0.6) is 5.75 Å². The van der Waals surface area contributed by atoms with Crippen LogP contribution < -0.4 is 4.74 Å². The molecule has 0 bridgehead atoms. The molecule has 1 N–H and O–H groups in total. The van der Waals surface area contributed by atoms with Crippen molar-refractivity contribution < 1.29 is 14.6 Å². The van der Waals surface area contributed by atoms with Crippen LogP contribution in [-0.2, 0) is 4.79 Å². The van der Waals surface area contributed by atoms with Gasteiger partial charge in [0.05, 0.1) is 6.61 Å². The van der Waals surface area contributed by atoms with Gasteiger partial charge in [-0.25, -0.2) is 0 Å². The number of carboxylic acids is 1. The zero-order valence-electron chi connectivity index (χ0n) is 11.2. The number of carbonyl (C=O) groups is 1. The average molecular weight is 250 g/mol. The largest absolute Gasteiger partial charge is 0.494 e. The van der Waals surface area contributed by atoms with Crippen molar-refractivity contribution in [3.8, 4) is 5.75 Å². The van der Waals surface area contributed by atoms with E-state index in [1.54, 1.807) is 0 Å². The fraction of sp³-hybridized carbons (Fsp3) is 0.533. The van der Waals surface area contributed by atoms with Gasteiger partial charge in [-0.1, -0.05) is 26.0 Å². The molecule has 1 rings (SSSR count). The molecule has 100 valence electrons. The highest BCUT2D eigenvalue weighted by Crippen LogP contribution is 2.21. The number of hydrogen-bond donors (Lipinski definition) is 1. The molecule has 0 aliphatic heterocycles. The summed E-state index contributed by atoms with van der Waals surface area (Å²) in [5, 5.41) is 8.49. The minimum Gasteiger partial charge on any atom is -0.494 e. The Balaban J connectivity index is 2.29. The number of carboxylic acid groups (broad SMARTS) is 1. The molecule has 1 atom stereocenters. The molecule has 0 saturated heterocycles. The summed E-state index contributed by atoms with van der Waals surface area (Å²) in [4.78, 5) is 10.3. The zero-order valence-corrected chi connectivity index (χ0v) is 11.2. The van der Waals surface area contributed by atoms with Gasteiger partial charge >= 0.3 is 5.97 Å². The van der Waals surface area contributed by atoms with Crippen molar-refractivity contribution in [1.82, 2.24) is 0 Å². The van der Waals surface area contributed by atoms with Gasteiger partial charge in [0.15, 0.2) is 0 Å². The Kier molecular flexibility index (Phi) is 6.26. The second kappa shape index (κ2) is 7.75. The smallest absolute Gasteiger partial charge is 0.303 e. The van der Waals surface area contributed by atoms with Gasteiger partial charge in [0.25, 0.3) is 0 Å². The van der Waals surface area contributed by atoms with Crippen molar-refractivity contribution in [2.75, 3.05) is 6.61 Å². The number of hydrogen-bond acceptors (Lipinski definition) is 2. The van der Waals surface area contributed by atoms with E-state index in [1.165, 1.54) is 5.56 Å². The maximum Gasteiger partial charge on any atom is 0.303 e. The minimum atomic E-state index is -0.743. The van der Waals surface area contributed by atoms with Crippen LogP contribution in [0.4, 0.5) is 0 Å². The lowest BCUT2D eigenvalue weighted by molar-refractivity contribution is -0.137. The van der Waals surface area contributed by atoms with Crippen LogP contribution in [0.2, 0.25) is 0 Å². The third kappa shape index (κ3) is 5.21. The van der Waals surface area contributed by atoms with E-state index in [0.717, 1.165) is 18.6 Å². The van der Waals surface area contributed by atoms with Gasteiger partial charge < -0.3 is 9.84 Å². The Hall–Kier alpha value is -1.51. The minimum absolute atomic E-state index is 0.219. The predicted molar refractivity (Wildman–Crippen MR) is 72.1 cm³/mol. The monoisotopic (exact) mass is 250 g/mol. The predicted octanol–water partition coefficient (Wildman–Crippen LogP) is 3.83. The lowest BCUT2D eigenvalue weighted by Crippen LogP contribution is -2.00. The van der Waals surface area contributed by atoms with Crippen LogP contribution in [0.1, 0.15) is 51.0 Å². The molecule has 0 amide bonds. The summed E-state index contributed by atoms with van der Waals surface area (Å²) in [5.74, 6) is 0.694. The van der Waals surface area contributed by atoms with Gasteiger partial charge in [-0.2, -0.15) is 0 Å². The van der Waals surface area contributed by atoms with Crippen molar-refractivity contribution in [3.63, 3.8) is 0 Å². The summed E-state index contributed by atoms with van der Waals surface area (Å²) in [5.41, 5.74) is 1.33. The van der Waals surface area contributed by atoms with E-state index in [0.29, 0.717) is 18.9 Å². The van der Waals surface area contributed by atoms with E-state index in [1.807, 2.05) is 12.1 Å². The molecular weight excluding hydrogens is 228 g/mol. The molecule has 3 nitrogen and oxygen atoms in total. The number of rotatable bonds is 8. The standard InChI is InChI=1S/C15H22O3/c1-3-12(2)13-7-9-14(10-8-13)18-11-5-4-6-15(16)17/h7-10,12H,3-6,11H2,1-2H3,(H,16,17). The summed E-state index contributed by atoms with van der Waals surface area (Å²) in [6.45, 7) is 4.97. The molecule has 1 aromatic carbocycles. The average Bonchev–Trinajstić information content (AvgIpc) is 2.38. The first-order chi connectivity index (χ1) is 8.63. The summed E-state index contributed by atoms with van der Waals surface area (Å²) < 4.78 is 5.56. The Morgan fingerprint density at radius 1 is 1.28 bits per heavy atom. The Bertz CT molecular complexity index is 357. The third-order valence-corrected chi connectivity index (χ3v) is 3.12. The van der Waals surface area contributed by atoms with E-state index in [4.69, 9.17) is 9.84 Å².